The number of hydrogen-bond donors (Lipinski definition) is 2. The molecule has 0 radical (unpaired) electrons. The van der Waals surface area contributed by atoms with Crippen molar-refractivity contribution in [3.63, 3.8) is 0 Å². The van der Waals surface area contributed by atoms with Crippen LogP contribution in [-0.4, -0.2) is 40.9 Å². The minimum atomic E-state index is -0.795. The quantitative estimate of drug-likeness (QED) is 0.868. The normalized spacial score (nSPS) is 17.4. The number of nitrogens with zero attached hydrogens (tertiary/aromatic N) is 1. The van der Waals surface area contributed by atoms with Gasteiger partial charge in [0.25, 0.3) is 5.91 Å². The Morgan fingerprint density at radius 2 is 2.08 bits per heavy atom. The number of hydrogen-bond acceptors (Lipinski definition) is 3. The molecule has 1 aliphatic rings. The van der Waals surface area contributed by atoms with Crippen LogP contribution in [0.3, 0.4) is 0 Å². The first-order chi connectivity index (χ1) is 11.4. The largest absolute Gasteiger partial charge is 0.481 e. The highest BCUT2D eigenvalue weighted by molar-refractivity contribution is 5.97. The summed E-state index contributed by atoms with van der Waals surface area (Å²) in [6.45, 7) is 4.59. The molecule has 24 heavy (non-hydrogen) atoms. The lowest BCUT2D eigenvalue weighted by atomic mass is 9.93. The van der Waals surface area contributed by atoms with Gasteiger partial charge in [0.1, 0.15) is 0 Å². The van der Waals surface area contributed by atoms with Crippen molar-refractivity contribution in [3.05, 3.63) is 29.3 Å². The van der Waals surface area contributed by atoms with Gasteiger partial charge in [0.05, 0.1) is 0 Å². The van der Waals surface area contributed by atoms with Crippen molar-refractivity contribution >= 4 is 23.5 Å². The Bertz CT molecular complexity index is 642. The number of carbonyl (C=O) groups excluding carboxylic acids is 2. The summed E-state index contributed by atoms with van der Waals surface area (Å²) in [7, 11) is 0. The van der Waals surface area contributed by atoms with Crippen LogP contribution in [0, 0.1) is 12.8 Å². The number of aliphatic carboxylic acids is 1. The summed E-state index contributed by atoms with van der Waals surface area (Å²) in [5, 5.41) is 11.5. The van der Waals surface area contributed by atoms with Gasteiger partial charge < -0.3 is 15.3 Å². The molecule has 2 rings (SSSR count). The molecule has 6 heteroatoms. The molecule has 1 saturated heterocycles. The third kappa shape index (κ3) is 4.81. The lowest BCUT2D eigenvalue weighted by Gasteiger charge is -2.32. The highest BCUT2D eigenvalue weighted by Gasteiger charge is 2.25. The van der Waals surface area contributed by atoms with Gasteiger partial charge in [-0.15, -0.1) is 0 Å². The van der Waals surface area contributed by atoms with Crippen molar-refractivity contribution in [1.82, 2.24) is 4.90 Å². The Kier molecular flexibility index (Phi) is 5.95. The van der Waals surface area contributed by atoms with Crippen molar-refractivity contribution in [3.8, 4) is 0 Å². The molecular formula is C18H24N2O4. The summed E-state index contributed by atoms with van der Waals surface area (Å²) in [4.78, 5) is 36.5. The molecular weight excluding hydrogens is 308 g/mol. The Balaban J connectivity index is 2.07. The van der Waals surface area contributed by atoms with Crippen LogP contribution in [0.1, 0.15) is 48.5 Å². The van der Waals surface area contributed by atoms with E-state index in [9.17, 15) is 14.4 Å². The van der Waals surface area contributed by atoms with E-state index >= 15 is 0 Å². The van der Waals surface area contributed by atoms with Crippen molar-refractivity contribution in [2.24, 2.45) is 5.92 Å². The molecule has 1 atom stereocenters. The Morgan fingerprint density at radius 3 is 2.75 bits per heavy atom. The number of anilines is 1. The highest BCUT2D eigenvalue weighted by atomic mass is 16.4. The van der Waals surface area contributed by atoms with Crippen LogP contribution in [0.25, 0.3) is 0 Å². The van der Waals surface area contributed by atoms with Crippen LogP contribution in [0.15, 0.2) is 18.2 Å². The average molecular weight is 332 g/mol. The fourth-order valence-corrected chi connectivity index (χ4v) is 3.07. The van der Waals surface area contributed by atoms with Crippen molar-refractivity contribution < 1.29 is 19.5 Å². The summed E-state index contributed by atoms with van der Waals surface area (Å²) < 4.78 is 0. The third-order valence-electron chi connectivity index (χ3n) is 4.37. The van der Waals surface area contributed by atoms with Crippen LogP contribution in [-0.2, 0) is 9.59 Å². The third-order valence-corrected chi connectivity index (χ3v) is 4.37. The molecule has 130 valence electrons. The van der Waals surface area contributed by atoms with E-state index in [1.165, 1.54) is 6.92 Å². The van der Waals surface area contributed by atoms with Crippen molar-refractivity contribution in [2.75, 3.05) is 18.4 Å². The summed E-state index contributed by atoms with van der Waals surface area (Å²) in [6, 6.07) is 5.30. The van der Waals surface area contributed by atoms with Gasteiger partial charge in [-0.3, -0.25) is 14.4 Å². The lowest BCUT2D eigenvalue weighted by Crippen LogP contribution is -2.40. The van der Waals surface area contributed by atoms with Crippen LogP contribution in [0.4, 0.5) is 5.69 Å². The first-order valence-corrected chi connectivity index (χ1v) is 8.26. The number of carboxylic acid groups (broad SMARTS) is 1. The van der Waals surface area contributed by atoms with E-state index in [4.69, 9.17) is 5.11 Å². The van der Waals surface area contributed by atoms with Gasteiger partial charge >= 0.3 is 5.97 Å². The van der Waals surface area contributed by atoms with Gasteiger partial charge in [-0.05, 0) is 49.8 Å². The summed E-state index contributed by atoms with van der Waals surface area (Å²) in [6.07, 6.45) is 2.59. The summed E-state index contributed by atoms with van der Waals surface area (Å²) >= 11 is 0. The van der Waals surface area contributed by atoms with Crippen LogP contribution >= 0.6 is 0 Å². The maximum absolute atomic E-state index is 12.7. The predicted octanol–water partition coefficient (Wildman–Crippen LogP) is 2.67. The summed E-state index contributed by atoms with van der Waals surface area (Å²) in [5.74, 6) is -0.799. The van der Waals surface area contributed by atoms with E-state index in [0.29, 0.717) is 30.8 Å². The number of aryl methyl sites for hydroxylation is 1. The zero-order valence-corrected chi connectivity index (χ0v) is 14.2. The van der Waals surface area contributed by atoms with Crippen molar-refractivity contribution in [2.45, 2.75) is 39.5 Å². The number of rotatable bonds is 5. The number of amides is 2. The second-order valence-electron chi connectivity index (χ2n) is 6.40. The number of likely N-dealkylation sites (tertiary alicyclic amines) is 1. The number of carbonyl (C=O) groups is 3. The van der Waals surface area contributed by atoms with Gasteiger partial charge in [-0.25, -0.2) is 0 Å². The SMILES string of the molecule is CC(=O)Nc1cc(C(=O)N2CCCC(CCC(=O)O)C2)ccc1C. The molecule has 1 fully saturated rings. The molecule has 0 spiro atoms. The van der Waals surface area contributed by atoms with Gasteiger partial charge in [-0.2, -0.15) is 0 Å². The maximum Gasteiger partial charge on any atom is 0.303 e. The first kappa shape index (κ1) is 18.0. The lowest BCUT2D eigenvalue weighted by molar-refractivity contribution is -0.137. The molecule has 1 unspecified atom stereocenters. The Hall–Kier alpha value is -2.37. The van der Waals surface area contributed by atoms with Crippen LogP contribution in [0.5, 0.6) is 0 Å². The molecule has 1 aliphatic heterocycles. The van der Waals surface area contributed by atoms with Gasteiger partial charge in [0, 0.05) is 37.7 Å². The van der Waals surface area contributed by atoms with E-state index < -0.39 is 5.97 Å². The molecule has 1 heterocycles. The molecule has 0 aromatic heterocycles. The predicted molar refractivity (Wildman–Crippen MR) is 91.0 cm³/mol. The minimum absolute atomic E-state index is 0.0679. The highest BCUT2D eigenvalue weighted by Crippen LogP contribution is 2.24. The molecule has 2 amide bonds. The molecule has 1 aromatic rings. The number of benzene rings is 1. The molecule has 2 N–H and O–H groups in total. The number of piperidine rings is 1. The molecule has 0 saturated carbocycles. The topological polar surface area (TPSA) is 86.7 Å². The van der Waals surface area contributed by atoms with E-state index in [-0.39, 0.29) is 24.2 Å². The van der Waals surface area contributed by atoms with Gasteiger partial charge in [0.15, 0.2) is 0 Å². The molecule has 1 aromatic carbocycles. The molecule has 0 bridgehead atoms. The zero-order chi connectivity index (χ0) is 17.7. The molecule has 6 nitrogen and oxygen atoms in total. The van der Waals surface area contributed by atoms with Gasteiger partial charge in [-0.1, -0.05) is 6.07 Å². The first-order valence-electron chi connectivity index (χ1n) is 8.26. The number of nitrogens with one attached hydrogen (secondary N) is 1. The summed E-state index contributed by atoms with van der Waals surface area (Å²) in [5.41, 5.74) is 2.09. The van der Waals surface area contributed by atoms with Crippen LogP contribution < -0.4 is 5.32 Å². The fourth-order valence-electron chi connectivity index (χ4n) is 3.07. The molecule has 0 aliphatic carbocycles. The van der Waals surface area contributed by atoms with E-state index in [1.807, 2.05) is 13.0 Å². The second-order valence-corrected chi connectivity index (χ2v) is 6.40. The standard InChI is InChI=1S/C18H24N2O4/c1-12-5-7-15(10-16(12)19-13(2)21)18(24)20-9-3-4-14(11-20)6-8-17(22)23/h5,7,10,14H,3-4,6,8-9,11H2,1-2H3,(H,19,21)(H,22,23). The zero-order valence-electron chi connectivity index (χ0n) is 14.2. The van der Waals surface area contributed by atoms with E-state index in [0.717, 1.165) is 18.4 Å². The smallest absolute Gasteiger partial charge is 0.303 e. The minimum Gasteiger partial charge on any atom is -0.481 e. The Morgan fingerprint density at radius 1 is 1.33 bits per heavy atom. The average Bonchev–Trinajstić information content (AvgIpc) is 2.54. The maximum atomic E-state index is 12.7. The van der Waals surface area contributed by atoms with Gasteiger partial charge in [0.2, 0.25) is 5.91 Å². The number of carboxylic acids is 1. The van der Waals surface area contributed by atoms with E-state index in [1.54, 1.807) is 17.0 Å². The monoisotopic (exact) mass is 332 g/mol. The van der Waals surface area contributed by atoms with E-state index in [2.05, 4.69) is 5.32 Å². The Labute approximate surface area is 141 Å². The second kappa shape index (κ2) is 7.95. The fraction of sp³-hybridized carbons (Fsp3) is 0.500. The van der Waals surface area contributed by atoms with Crippen molar-refractivity contribution in [1.29, 1.82) is 0 Å². The van der Waals surface area contributed by atoms with Crippen LogP contribution in [0.2, 0.25) is 0 Å².